The molecule has 0 radical (unpaired) electrons. The van der Waals surface area contributed by atoms with Crippen molar-refractivity contribution in [2.24, 2.45) is 11.8 Å². The van der Waals surface area contributed by atoms with Gasteiger partial charge in [0.2, 0.25) is 0 Å². The first-order valence-corrected chi connectivity index (χ1v) is 13.8. The molecule has 0 aliphatic carbocycles. The highest BCUT2D eigenvalue weighted by molar-refractivity contribution is 5.30. The Hall–Kier alpha value is -2.04. The second-order valence-electron chi connectivity index (χ2n) is 10.6. The van der Waals surface area contributed by atoms with E-state index in [1.807, 2.05) is 38.1 Å². The molecular formula is C32H52O4. The van der Waals surface area contributed by atoms with Gasteiger partial charge < -0.3 is 18.9 Å². The Balaban J connectivity index is 0.000000360. The maximum Gasteiger partial charge on any atom is 0.196 e. The largest absolute Gasteiger partial charge is 0.465 e. The van der Waals surface area contributed by atoms with Crippen LogP contribution in [-0.4, -0.2) is 25.8 Å². The van der Waals surface area contributed by atoms with Crippen LogP contribution in [0.4, 0.5) is 0 Å². The number of hydrogen-bond donors (Lipinski definition) is 0. The molecule has 0 amide bonds. The molecule has 0 saturated heterocycles. The van der Waals surface area contributed by atoms with Crippen LogP contribution in [0.25, 0.3) is 0 Å². The maximum atomic E-state index is 5.71. The highest BCUT2D eigenvalue weighted by atomic mass is 16.7. The molecule has 4 heteroatoms. The fourth-order valence-corrected chi connectivity index (χ4v) is 3.33. The van der Waals surface area contributed by atoms with Crippen LogP contribution in [0.15, 0.2) is 48.5 Å². The van der Waals surface area contributed by atoms with Gasteiger partial charge in [-0.2, -0.15) is 0 Å². The summed E-state index contributed by atoms with van der Waals surface area (Å²) in [6.45, 7) is 22.7. The van der Waals surface area contributed by atoms with Crippen LogP contribution in [0.5, 0.6) is 11.5 Å². The van der Waals surface area contributed by atoms with E-state index >= 15 is 0 Å². The first kappa shape index (κ1) is 32.0. The van der Waals surface area contributed by atoms with E-state index in [4.69, 9.17) is 18.9 Å². The lowest BCUT2D eigenvalue weighted by atomic mass is 9.99. The molecule has 36 heavy (non-hydrogen) atoms. The third-order valence-corrected chi connectivity index (χ3v) is 6.06. The molecular weight excluding hydrogens is 448 g/mol. The standard InChI is InChI=1S/2C16H26O2/c2*1-6-13(4)15-7-9-16(10-8-15)18-14(5)17-11-12(2)3/h2*7-10,12-14H,6,11H2,1-5H3. The minimum atomic E-state index is -0.193. The molecule has 4 atom stereocenters. The predicted molar refractivity (Wildman–Crippen MR) is 152 cm³/mol. The minimum absolute atomic E-state index is 0.193. The van der Waals surface area contributed by atoms with Crippen LogP contribution in [0.1, 0.15) is 105 Å². The molecule has 0 saturated carbocycles. The molecule has 0 aromatic heterocycles. The van der Waals surface area contributed by atoms with E-state index in [1.54, 1.807) is 0 Å². The van der Waals surface area contributed by atoms with Gasteiger partial charge in [0.25, 0.3) is 0 Å². The van der Waals surface area contributed by atoms with Crippen LogP contribution in [-0.2, 0) is 9.47 Å². The Morgan fingerprint density at radius 3 is 1.06 bits per heavy atom. The summed E-state index contributed by atoms with van der Waals surface area (Å²) in [4.78, 5) is 0. The van der Waals surface area contributed by atoms with Gasteiger partial charge in [-0.3, -0.25) is 0 Å². The SMILES string of the molecule is CCC(C)c1ccc(OC(C)OCC(C)C)cc1.CCC(C)c1ccc(OC(C)OCC(C)C)cc1. The smallest absolute Gasteiger partial charge is 0.196 e. The fraction of sp³-hybridized carbons (Fsp3) is 0.625. The average Bonchev–Trinajstić information content (AvgIpc) is 2.86. The Labute approximate surface area is 221 Å². The van der Waals surface area contributed by atoms with Crippen molar-refractivity contribution in [3.63, 3.8) is 0 Å². The Morgan fingerprint density at radius 1 is 0.500 bits per heavy atom. The molecule has 0 heterocycles. The summed E-state index contributed by atoms with van der Waals surface area (Å²) in [5.74, 6) is 4.02. The molecule has 4 nitrogen and oxygen atoms in total. The summed E-state index contributed by atoms with van der Waals surface area (Å²) in [7, 11) is 0. The fourth-order valence-electron chi connectivity index (χ4n) is 3.33. The zero-order chi connectivity index (χ0) is 27.1. The van der Waals surface area contributed by atoms with Crippen molar-refractivity contribution in [2.45, 2.75) is 106 Å². The van der Waals surface area contributed by atoms with E-state index in [-0.39, 0.29) is 12.6 Å². The van der Waals surface area contributed by atoms with Crippen molar-refractivity contribution in [3.05, 3.63) is 59.7 Å². The molecule has 0 N–H and O–H groups in total. The molecule has 2 aromatic rings. The summed E-state index contributed by atoms with van der Waals surface area (Å²) in [6, 6.07) is 16.6. The lowest BCUT2D eigenvalue weighted by Crippen LogP contribution is -2.19. The molecule has 0 bridgehead atoms. The maximum absolute atomic E-state index is 5.71. The number of benzene rings is 2. The highest BCUT2D eigenvalue weighted by Crippen LogP contribution is 2.23. The van der Waals surface area contributed by atoms with Crippen molar-refractivity contribution < 1.29 is 18.9 Å². The van der Waals surface area contributed by atoms with Crippen molar-refractivity contribution in [3.8, 4) is 11.5 Å². The van der Waals surface area contributed by atoms with Gasteiger partial charge in [0.05, 0.1) is 13.2 Å². The van der Waals surface area contributed by atoms with Gasteiger partial charge in [-0.05, 0) is 85.8 Å². The van der Waals surface area contributed by atoms with Crippen molar-refractivity contribution >= 4 is 0 Å². The zero-order valence-corrected chi connectivity index (χ0v) is 24.5. The second kappa shape index (κ2) is 17.4. The Bertz CT molecular complexity index is 728. The molecule has 204 valence electrons. The van der Waals surface area contributed by atoms with Crippen LogP contribution >= 0.6 is 0 Å². The first-order valence-electron chi connectivity index (χ1n) is 13.8. The quantitative estimate of drug-likeness (QED) is 0.242. The van der Waals surface area contributed by atoms with Gasteiger partial charge in [0.1, 0.15) is 11.5 Å². The first-order chi connectivity index (χ1) is 17.0. The molecule has 4 unspecified atom stereocenters. The minimum Gasteiger partial charge on any atom is -0.465 e. The van der Waals surface area contributed by atoms with E-state index in [1.165, 1.54) is 11.1 Å². The molecule has 0 fully saturated rings. The molecule has 2 aromatic carbocycles. The predicted octanol–water partition coefficient (Wildman–Crippen LogP) is 9.20. The van der Waals surface area contributed by atoms with Crippen LogP contribution in [0.2, 0.25) is 0 Å². The Morgan fingerprint density at radius 2 is 0.806 bits per heavy atom. The van der Waals surface area contributed by atoms with E-state index in [9.17, 15) is 0 Å². The zero-order valence-electron chi connectivity index (χ0n) is 24.5. The third-order valence-electron chi connectivity index (χ3n) is 6.06. The van der Waals surface area contributed by atoms with Gasteiger partial charge in [0, 0.05) is 0 Å². The lowest BCUT2D eigenvalue weighted by Gasteiger charge is -2.17. The van der Waals surface area contributed by atoms with Gasteiger partial charge in [-0.15, -0.1) is 0 Å². The van der Waals surface area contributed by atoms with Crippen molar-refractivity contribution in [2.75, 3.05) is 13.2 Å². The molecule has 0 spiro atoms. The normalized spacial score (nSPS) is 14.6. The van der Waals surface area contributed by atoms with Crippen LogP contribution in [0, 0.1) is 11.8 Å². The van der Waals surface area contributed by atoms with E-state index < -0.39 is 0 Å². The highest BCUT2D eigenvalue weighted by Gasteiger charge is 2.08. The van der Waals surface area contributed by atoms with E-state index in [2.05, 4.69) is 79.7 Å². The van der Waals surface area contributed by atoms with Crippen molar-refractivity contribution in [1.82, 2.24) is 0 Å². The summed E-state index contributed by atoms with van der Waals surface area (Å²) in [5.41, 5.74) is 2.72. The summed E-state index contributed by atoms with van der Waals surface area (Å²) >= 11 is 0. The van der Waals surface area contributed by atoms with Crippen molar-refractivity contribution in [1.29, 1.82) is 0 Å². The van der Waals surface area contributed by atoms with Gasteiger partial charge in [-0.1, -0.05) is 79.7 Å². The monoisotopic (exact) mass is 500 g/mol. The number of rotatable bonds is 14. The summed E-state index contributed by atoms with van der Waals surface area (Å²) in [5, 5.41) is 0. The average molecular weight is 501 g/mol. The number of hydrogen-bond acceptors (Lipinski definition) is 4. The summed E-state index contributed by atoms with van der Waals surface area (Å²) < 4.78 is 22.6. The molecule has 0 aliphatic heterocycles. The van der Waals surface area contributed by atoms with E-state index in [0.717, 1.165) is 37.6 Å². The Kier molecular flexibility index (Phi) is 15.5. The second-order valence-corrected chi connectivity index (χ2v) is 10.6. The number of ether oxygens (including phenoxy) is 4. The molecule has 0 aliphatic rings. The summed E-state index contributed by atoms with van der Waals surface area (Å²) in [6.07, 6.45) is 1.94. The van der Waals surface area contributed by atoms with Gasteiger partial charge in [-0.25, -0.2) is 0 Å². The van der Waals surface area contributed by atoms with Gasteiger partial charge in [0.15, 0.2) is 12.6 Å². The van der Waals surface area contributed by atoms with Crippen LogP contribution in [0.3, 0.4) is 0 Å². The van der Waals surface area contributed by atoms with Gasteiger partial charge >= 0.3 is 0 Å². The van der Waals surface area contributed by atoms with Crippen LogP contribution < -0.4 is 9.47 Å². The third kappa shape index (κ3) is 13.3. The lowest BCUT2D eigenvalue weighted by molar-refractivity contribution is -0.0758. The molecule has 2 rings (SSSR count). The topological polar surface area (TPSA) is 36.9 Å². The van der Waals surface area contributed by atoms with E-state index in [0.29, 0.717) is 23.7 Å².